The van der Waals surface area contributed by atoms with Gasteiger partial charge in [-0.2, -0.15) is 0 Å². The van der Waals surface area contributed by atoms with Crippen LogP contribution >= 0.6 is 23.2 Å². The van der Waals surface area contributed by atoms with Crippen molar-refractivity contribution < 1.29 is 19.1 Å². The summed E-state index contributed by atoms with van der Waals surface area (Å²) in [5.41, 5.74) is 1.69. The number of aryl methyl sites for hydroxylation is 1. The molecule has 0 unspecified atom stereocenters. The molecule has 2 aromatic carbocycles. The second-order valence-corrected chi connectivity index (χ2v) is 6.58. The molecule has 138 valence electrons. The summed E-state index contributed by atoms with van der Waals surface area (Å²) in [5, 5.41) is 3.08. The minimum atomic E-state index is -0.640. The summed E-state index contributed by atoms with van der Waals surface area (Å²) in [5.74, 6) is -1.76. The predicted molar refractivity (Wildman–Crippen MR) is 103 cm³/mol. The number of methoxy groups -OCH3 is 1. The third-order valence-corrected chi connectivity index (χ3v) is 4.57. The van der Waals surface area contributed by atoms with Crippen LogP contribution in [0.3, 0.4) is 0 Å². The molecule has 0 saturated heterocycles. The largest absolute Gasteiger partial charge is 0.465 e. The van der Waals surface area contributed by atoms with E-state index >= 15 is 0 Å². The van der Waals surface area contributed by atoms with E-state index in [1.165, 1.54) is 13.2 Å². The number of nitrogens with zero attached hydrogens (tertiary/aromatic N) is 1. The van der Waals surface area contributed by atoms with Gasteiger partial charge in [-0.25, -0.2) is 9.69 Å². The van der Waals surface area contributed by atoms with Crippen LogP contribution in [0.15, 0.2) is 53.2 Å². The van der Waals surface area contributed by atoms with Crippen molar-refractivity contribution >= 4 is 52.4 Å². The zero-order valence-corrected chi connectivity index (χ0v) is 15.9. The van der Waals surface area contributed by atoms with Crippen LogP contribution in [0, 0.1) is 6.92 Å². The SMILES string of the molecule is COC(=O)c1cccc(NC2=C(Cl)C(=O)N(c3ccc(Cl)cc3C)C2=O)c1. The highest BCUT2D eigenvalue weighted by Crippen LogP contribution is 2.33. The molecule has 0 spiro atoms. The quantitative estimate of drug-likeness (QED) is 0.618. The summed E-state index contributed by atoms with van der Waals surface area (Å²) in [7, 11) is 1.27. The number of halogens is 2. The Morgan fingerprint density at radius 3 is 2.48 bits per heavy atom. The van der Waals surface area contributed by atoms with Gasteiger partial charge in [0.05, 0.1) is 18.4 Å². The standard InChI is InChI=1S/C19H14Cl2N2O4/c1-10-8-12(20)6-7-14(10)23-17(24)15(21)16(18(23)25)22-13-5-3-4-11(9-13)19(26)27-2/h3-9,22H,1-2H3. The summed E-state index contributed by atoms with van der Waals surface area (Å²) in [6, 6.07) is 11.1. The Morgan fingerprint density at radius 1 is 1.07 bits per heavy atom. The Morgan fingerprint density at radius 2 is 1.81 bits per heavy atom. The summed E-state index contributed by atoms with van der Waals surface area (Å²) >= 11 is 12.1. The number of rotatable bonds is 4. The summed E-state index contributed by atoms with van der Waals surface area (Å²) in [6.45, 7) is 1.74. The first-order valence-corrected chi connectivity index (χ1v) is 8.59. The van der Waals surface area contributed by atoms with Crippen molar-refractivity contribution in [2.75, 3.05) is 17.3 Å². The molecule has 3 rings (SSSR count). The van der Waals surface area contributed by atoms with Gasteiger partial charge in [0.2, 0.25) is 0 Å². The van der Waals surface area contributed by atoms with Crippen molar-refractivity contribution in [3.8, 4) is 0 Å². The molecule has 0 bridgehead atoms. The van der Waals surface area contributed by atoms with E-state index < -0.39 is 17.8 Å². The first kappa shape index (κ1) is 18.9. The van der Waals surface area contributed by atoms with Gasteiger partial charge in [0.25, 0.3) is 11.8 Å². The summed E-state index contributed by atoms with van der Waals surface area (Å²) < 4.78 is 4.67. The number of anilines is 2. The number of carbonyl (C=O) groups excluding carboxylic acids is 3. The minimum absolute atomic E-state index is 0.0713. The van der Waals surface area contributed by atoms with E-state index in [1.54, 1.807) is 43.3 Å². The van der Waals surface area contributed by atoms with Gasteiger partial charge in [0.15, 0.2) is 0 Å². The molecule has 0 fully saturated rings. The lowest BCUT2D eigenvalue weighted by Crippen LogP contribution is -2.32. The van der Waals surface area contributed by atoms with Gasteiger partial charge in [-0.3, -0.25) is 9.59 Å². The third-order valence-electron chi connectivity index (χ3n) is 3.98. The Kier molecular flexibility index (Phi) is 5.21. The van der Waals surface area contributed by atoms with Crippen LogP contribution in [0.1, 0.15) is 15.9 Å². The Labute approximate surface area is 165 Å². The van der Waals surface area contributed by atoms with Gasteiger partial charge in [-0.05, 0) is 48.9 Å². The fraction of sp³-hybridized carbons (Fsp3) is 0.105. The topological polar surface area (TPSA) is 75.7 Å². The van der Waals surface area contributed by atoms with E-state index in [4.69, 9.17) is 23.2 Å². The van der Waals surface area contributed by atoms with E-state index in [0.717, 1.165) is 4.90 Å². The van der Waals surface area contributed by atoms with Crippen molar-refractivity contribution in [1.82, 2.24) is 0 Å². The van der Waals surface area contributed by atoms with E-state index in [0.29, 0.717) is 27.5 Å². The van der Waals surface area contributed by atoms with Crippen molar-refractivity contribution in [2.24, 2.45) is 0 Å². The lowest BCUT2D eigenvalue weighted by Gasteiger charge is -2.17. The van der Waals surface area contributed by atoms with Crippen LogP contribution in [-0.4, -0.2) is 24.9 Å². The van der Waals surface area contributed by atoms with Gasteiger partial charge in [0, 0.05) is 10.7 Å². The molecule has 0 aromatic heterocycles. The van der Waals surface area contributed by atoms with Gasteiger partial charge < -0.3 is 10.1 Å². The molecule has 1 heterocycles. The van der Waals surface area contributed by atoms with Gasteiger partial charge in [-0.1, -0.05) is 29.3 Å². The maximum atomic E-state index is 12.8. The van der Waals surface area contributed by atoms with Crippen molar-refractivity contribution in [3.63, 3.8) is 0 Å². The Bertz CT molecular complexity index is 1000. The lowest BCUT2D eigenvalue weighted by atomic mass is 10.2. The van der Waals surface area contributed by atoms with Gasteiger partial charge >= 0.3 is 5.97 Å². The first-order valence-electron chi connectivity index (χ1n) is 7.83. The van der Waals surface area contributed by atoms with Crippen molar-refractivity contribution in [3.05, 3.63) is 69.3 Å². The fourth-order valence-electron chi connectivity index (χ4n) is 2.69. The van der Waals surface area contributed by atoms with Crippen LogP contribution < -0.4 is 10.2 Å². The maximum absolute atomic E-state index is 12.8. The number of ether oxygens (including phenoxy) is 1. The van der Waals surface area contributed by atoms with E-state index in [1.807, 2.05) is 0 Å². The molecular formula is C19H14Cl2N2O4. The highest BCUT2D eigenvalue weighted by Gasteiger charge is 2.39. The smallest absolute Gasteiger partial charge is 0.337 e. The van der Waals surface area contributed by atoms with Gasteiger partial charge in [0.1, 0.15) is 10.7 Å². The molecular weight excluding hydrogens is 391 g/mol. The fourth-order valence-corrected chi connectivity index (χ4v) is 3.13. The second-order valence-electron chi connectivity index (χ2n) is 5.76. The molecule has 1 aliphatic heterocycles. The van der Waals surface area contributed by atoms with Gasteiger partial charge in [-0.15, -0.1) is 0 Å². The average molecular weight is 405 g/mol. The molecule has 2 amide bonds. The second kappa shape index (κ2) is 7.42. The number of hydrogen-bond acceptors (Lipinski definition) is 5. The molecule has 6 nitrogen and oxygen atoms in total. The number of imide groups is 1. The molecule has 2 aromatic rings. The molecule has 1 N–H and O–H groups in total. The molecule has 0 saturated carbocycles. The number of benzene rings is 2. The van der Waals surface area contributed by atoms with Crippen LogP contribution in [0.2, 0.25) is 5.02 Å². The van der Waals surface area contributed by atoms with Crippen LogP contribution in [0.5, 0.6) is 0 Å². The zero-order valence-electron chi connectivity index (χ0n) is 14.4. The minimum Gasteiger partial charge on any atom is -0.465 e. The summed E-state index contributed by atoms with van der Waals surface area (Å²) in [4.78, 5) is 38.0. The van der Waals surface area contributed by atoms with Crippen molar-refractivity contribution in [1.29, 1.82) is 0 Å². The monoisotopic (exact) mass is 404 g/mol. The van der Waals surface area contributed by atoms with E-state index in [-0.39, 0.29) is 10.7 Å². The lowest BCUT2D eigenvalue weighted by molar-refractivity contribution is -0.120. The van der Waals surface area contributed by atoms with E-state index in [2.05, 4.69) is 10.1 Å². The Balaban J connectivity index is 1.92. The third kappa shape index (κ3) is 3.54. The van der Waals surface area contributed by atoms with Crippen LogP contribution in [0.25, 0.3) is 0 Å². The first-order chi connectivity index (χ1) is 12.8. The molecule has 1 aliphatic rings. The highest BCUT2D eigenvalue weighted by atomic mass is 35.5. The van der Waals surface area contributed by atoms with Crippen LogP contribution in [-0.2, 0) is 14.3 Å². The number of amides is 2. The van der Waals surface area contributed by atoms with E-state index in [9.17, 15) is 14.4 Å². The van der Waals surface area contributed by atoms with Crippen LogP contribution in [0.4, 0.5) is 11.4 Å². The zero-order chi connectivity index (χ0) is 19.7. The average Bonchev–Trinajstić information content (AvgIpc) is 2.85. The number of nitrogens with one attached hydrogen (secondary N) is 1. The maximum Gasteiger partial charge on any atom is 0.337 e. The van der Waals surface area contributed by atoms with Crippen molar-refractivity contribution in [2.45, 2.75) is 6.92 Å². The summed E-state index contributed by atoms with van der Waals surface area (Å²) in [6.07, 6.45) is 0. The molecule has 0 radical (unpaired) electrons. The number of hydrogen-bond donors (Lipinski definition) is 1. The number of esters is 1. The molecule has 27 heavy (non-hydrogen) atoms. The normalized spacial score (nSPS) is 14.0. The predicted octanol–water partition coefficient (Wildman–Crippen LogP) is 3.87. The molecule has 0 atom stereocenters. The number of carbonyl (C=O) groups is 3. The molecule has 8 heteroatoms. The Hall–Kier alpha value is -2.83. The highest BCUT2D eigenvalue weighted by molar-refractivity contribution is 6.53. The molecule has 0 aliphatic carbocycles.